The topological polar surface area (TPSA) is 30.7 Å². The summed E-state index contributed by atoms with van der Waals surface area (Å²) in [6.45, 7) is 1.96. The van der Waals surface area contributed by atoms with Crippen LogP contribution in [0, 0.1) is 6.92 Å². The lowest BCUT2D eigenvalue weighted by molar-refractivity contribution is 0.824. The lowest BCUT2D eigenvalue weighted by Crippen LogP contribution is -2.01. The van der Waals surface area contributed by atoms with Gasteiger partial charge < -0.3 is 0 Å². The third kappa shape index (κ3) is 0.667. The van der Waals surface area contributed by atoms with E-state index in [0.29, 0.717) is 0 Å². The monoisotopic (exact) mass is 135 g/mol. The van der Waals surface area contributed by atoms with Gasteiger partial charge in [0.05, 0.1) is 0 Å². The van der Waals surface area contributed by atoms with Crippen LogP contribution >= 0.6 is 0 Å². The van der Waals surface area contributed by atoms with Crippen molar-refractivity contribution in [3.8, 4) is 0 Å². The molecule has 0 spiro atoms. The Morgan fingerprint density at radius 2 is 2.40 bits per heavy atom. The molecule has 1 aromatic rings. The summed E-state index contributed by atoms with van der Waals surface area (Å²) in [5.74, 6) is 2.06. The lowest BCUT2D eigenvalue weighted by Gasteiger charge is -2.05. The van der Waals surface area contributed by atoms with E-state index in [1.165, 1.54) is 0 Å². The number of hydrogen-bond donors (Lipinski definition) is 0. The van der Waals surface area contributed by atoms with Crippen molar-refractivity contribution in [3.63, 3.8) is 0 Å². The molecule has 1 aliphatic rings. The molecule has 0 N–H and O–H groups in total. The predicted octanol–water partition coefficient (Wildman–Crippen LogP) is 1.00. The van der Waals surface area contributed by atoms with Gasteiger partial charge in [-0.3, -0.25) is 4.57 Å². The first-order valence-electron chi connectivity index (χ1n) is 3.45. The van der Waals surface area contributed by atoms with Crippen LogP contribution in [0.2, 0.25) is 0 Å². The second-order valence-electron chi connectivity index (χ2n) is 2.46. The van der Waals surface area contributed by atoms with Crippen molar-refractivity contribution in [3.05, 3.63) is 17.7 Å². The molecule has 0 aromatic carbocycles. The zero-order valence-corrected chi connectivity index (χ0v) is 5.91. The molecule has 2 heterocycles. The molecule has 0 radical (unpaired) electrons. The minimum Gasteiger partial charge on any atom is -0.290 e. The van der Waals surface area contributed by atoms with E-state index in [-0.39, 0.29) is 0 Å². The lowest BCUT2D eigenvalue weighted by atomic mass is 10.2. The molecule has 0 bridgehead atoms. The molecule has 1 aliphatic heterocycles. The number of hydrogen-bond acceptors (Lipinski definition) is 2. The maximum Gasteiger partial charge on any atom is 0.137 e. The molecule has 0 saturated carbocycles. The highest BCUT2D eigenvalue weighted by atomic mass is 15.3. The Morgan fingerprint density at radius 1 is 1.50 bits per heavy atom. The Balaban J connectivity index is 2.57. The van der Waals surface area contributed by atoms with Crippen molar-refractivity contribution < 1.29 is 0 Å². The molecule has 0 saturated heterocycles. The van der Waals surface area contributed by atoms with Crippen molar-refractivity contribution in [1.82, 2.24) is 14.8 Å². The van der Waals surface area contributed by atoms with E-state index in [1.54, 1.807) is 0 Å². The summed E-state index contributed by atoms with van der Waals surface area (Å²) in [6, 6.07) is 0. The van der Waals surface area contributed by atoms with Crippen molar-refractivity contribution in [1.29, 1.82) is 0 Å². The van der Waals surface area contributed by atoms with Crippen LogP contribution in [0.25, 0.3) is 6.20 Å². The minimum atomic E-state index is 0.978. The van der Waals surface area contributed by atoms with Crippen LogP contribution in [0.15, 0.2) is 6.08 Å². The van der Waals surface area contributed by atoms with Gasteiger partial charge in [0.1, 0.15) is 11.6 Å². The smallest absolute Gasteiger partial charge is 0.137 e. The van der Waals surface area contributed by atoms with Crippen LogP contribution in [-0.2, 0) is 6.42 Å². The molecule has 3 nitrogen and oxygen atoms in total. The molecule has 0 fully saturated rings. The van der Waals surface area contributed by atoms with Crippen molar-refractivity contribution >= 4 is 6.20 Å². The minimum absolute atomic E-state index is 0.978. The number of fused-ring (bicyclic) bond motifs is 1. The Hall–Kier alpha value is -1.12. The third-order valence-electron chi connectivity index (χ3n) is 1.73. The summed E-state index contributed by atoms with van der Waals surface area (Å²) < 4.78 is 2.03. The number of allylic oxidation sites excluding steroid dienone is 1. The van der Waals surface area contributed by atoms with Gasteiger partial charge in [-0.1, -0.05) is 6.08 Å². The van der Waals surface area contributed by atoms with Gasteiger partial charge in [0.15, 0.2) is 0 Å². The largest absolute Gasteiger partial charge is 0.290 e. The number of aromatic nitrogens is 3. The highest BCUT2D eigenvalue weighted by Crippen LogP contribution is 2.10. The Kier molecular flexibility index (Phi) is 1.09. The zero-order chi connectivity index (χ0) is 6.97. The summed E-state index contributed by atoms with van der Waals surface area (Å²) in [5, 5.41) is 7.98. The zero-order valence-electron chi connectivity index (χ0n) is 5.91. The molecule has 0 atom stereocenters. The molecular formula is C7H9N3. The summed E-state index contributed by atoms with van der Waals surface area (Å²) in [6.07, 6.45) is 6.30. The Morgan fingerprint density at radius 3 is 3.20 bits per heavy atom. The molecule has 2 rings (SSSR count). The first-order valence-corrected chi connectivity index (χ1v) is 3.45. The molecule has 0 aliphatic carbocycles. The highest BCUT2D eigenvalue weighted by Gasteiger charge is 2.07. The van der Waals surface area contributed by atoms with E-state index in [9.17, 15) is 0 Å². The molecular weight excluding hydrogens is 126 g/mol. The van der Waals surface area contributed by atoms with Crippen molar-refractivity contribution in [2.24, 2.45) is 0 Å². The normalized spacial score (nSPS) is 15.3. The van der Waals surface area contributed by atoms with Gasteiger partial charge in [0, 0.05) is 12.6 Å². The summed E-state index contributed by atoms with van der Waals surface area (Å²) in [5.41, 5.74) is 0. The first-order chi connectivity index (χ1) is 4.88. The molecule has 1 aromatic heterocycles. The van der Waals surface area contributed by atoms with Gasteiger partial charge in [0.25, 0.3) is 0 Å². The molecule has 0 amide bonds. The van der Waals surface area contributed by atoms with E-state index in [1.807, 2.05) is 17.7 Å². The molecule has 10 heavy (non-hydrogen) atoms. The summed E-state index contributed by atoms with van der Waals surface area (Å²) in [7, 11) is 0. The van der Waals surface area contributed by atoms with E-state index < -0.39 is 0 Å². The summed E-state index contributed by atoms with van der Waals surface area (Å²) in [4.78, 5) is 0. The average molecular weight is 135 g/mol. The van der Waals surface area contributed by atoms with Gasteiger partial charge in [-0.15, -0.1) is 10.2 Å². The van der Waals surface area contributed by atoms with Gasteiger partial charge >= 0.3 is 0 Å². The van der Waals surface area contributed by atoms with E-state index in [0.717, 1.165) is 24.5 Å². The van der Waals surface area contributed by atoms with Crippen LogP contribution < -0.4 is 0 Å². The predicted molar refractivity (Wildman–Crippen MR) is 38.4 cm³/mol. The second-order valence-corrected chi connectivity index (χ2v) is 2.46. The highest BCUT2D eigenvalue weighted by molar-refractivity contribution is 5.29. The van der Waals surface area contributed by atoms with Gasteiger partial charge in [-0.25, -0.2) is 0 Å². The van der Waals surface area contributed by atoms with Crippen LogP contribution in [0.4, 0.5) is 0 Å². The van der Waals surface area contributed by atoms with Gasteiger partial charge in [-0.2, -0.15) is 0 Å². The van der Waals surface area contributed by atoms with E-state index in [2.05, 4.69) is 16.3 Å². The SMILES string of the molecule is Cc1nnc2n1C=CCC2. The number of rotatable bonds is 0. The maximum absolute atomic E-state index is 4.02. The summed E-state index contributed by atoms with van der Waals surface area (Å²) >= 11 is 0. The van der Waals surface area contributed by atoms with Crippen molar-refractivity contribution in [2.45, 2.75) is 19.8 Å². The molecule has 3 heteroatoms. The van der Waals surface area contributed by atoms with Crippen LogP contribution in [0.5, 0.6) is 0 Å². The number of nitrogens with zero attached hydrogens (tertiary/aromatic N) is 3. The van der Waals surface area contributed by atoms with Crippen molar-refractivity contribution in [2.75, 3.05) is 0 Å². The van der Waals surface area contributed by atoms with E-state index in [4.69, 9.17) is 0 Å². The van der Waals surface area contributed by atoms with Gasteiger partial charge in [-0.05, 0) is 13.3 Å². The van der Waals surface area contributed by atoms with E-state index >= 15 is 0 Å². The molecule has 52 valence electrons. The maximum atomic E-state index is 4.02. The third-order valence-corrected chi connectivity index (χ3v) is 1.73. The first kappa shape index (κ1) is 5.65. The second kappa shape index (κ2) is 1.94. The van der Waals surface area contributed by atoms with Crippen LogP contribution in [0.1, 0.15) is 18.1 Å². The fourth-order valence-corrected chi connectivity index (χ4v) is 1.17. The molecule has 0 unspecified atom stereocenters. The van der Waals surface area contributed by atoms with Gasteiger partial charge in [0.2, 0.25) is 0 Å². The Labute approximate surface area is 59.4 Å². The number of aryl methyl sites for hydroxylation is 2. The Bertz CT molecular complexity index is 272. The standard InChI is InChI=1S/C7H9N3/c1-6-8-9-7-4-2-3-5-10(6)7/h3,5H,2,4H2,1H3. The fraction of sp³-hybridized carbons (Fsp3) is 0.429. The van der Waals surface area contributed by atoms with Crippen LogP contribution in [0.3, 0.4) is 0 Å². The fourth-order valence-electron chi connectivity index (χ4n) is 1.17. The average Bonchev–Trinajstić information content (AvgIpc) is 2.34. The van der Waals surface area contributed by atoms with Crippen LogP contribution in [-0.4, -0.2) is 14.8 Å². The quantitative estimate of drug-likeness (QED) is 0.531.